The van der Waals surface area contributed by atoms with Gasteiger partial charge >= 0.3 is 0 Å². The van der Waals surface area contributed by atoms with Crippen LogP contribution in [0.1, 0.15) is 6.92 Å². The van der Waals surface area contributed by atoms with Gasteiger partial charge in [-0.2, -0.15) is 0 Å². The number of hydrogen-bond acceptors (Lipinski definition) is 6. The molecule has 0 spiro atoms. The van der Waals surface area contributed by atoms with Crippen LogP contribution in [0.3, 0.4) is 0 Å². The molecule has 5 nitrogen and oxygen atoms in total. The van der Waals surface area contributed by atoms with Crippen LogP contribution in [0.5, 0.6) is 0 Å². The van der Waals surface area contributed by atoms with E-state index in [0.717, 1.165) is 10.1 Å². The van der Waals surface area contributed by atoms with E-state index in [1.807, 2.05) is 6.92 Å². The molecule has 1 heterocycles. The molecule has 0 bridgehead atoms. The van der Waals surface area contributed by atoms with Crippen molar-refractivity contribution in [2.75, 3.05) is 24.7 Å². The van der Waals surface area contributed by atoms with Crippen LogP contribution in [-0.2, 0) is 4.79 Å². The van der Waals surface area contributed by atoms with E-state index in [2.05, 4.69) is 20.8 Å². The topological polar surface area (TPSA) is 66.9 Å². The van der Waals surface area contributed by atoms with Crippen molar-refractivity contribution in [3.8, 4) is 0 Å². The molecule has 1 aromatic heterocycles. The third kappa shape index (κ3) is 3.60. The number of aromatic nitrogens is 2. The lowest BCUT2D eigenvalue weighted by molar-refractivity contribution is -0.115. The van der Waals surface area contributed by atoms with E-state index in [9.17, 15) is 4.79 Å². The fourth-order valence-corrected chi connectivity index (χ4v) is 2.43. The maximum Gasteiger partial charge on any atom is 0.240 e. The smallest absolute Gasteiger partial charge is 0.240 e. The highest BCUT2D eigenvalue weighted by Crippen LogP contribution is 2.24. The zero-order chi connectivity index (χ0) is 10.4. The number of thioether (sulfide) groups is 1. The van der Waals surface area contributed by atoms with Gasteiger partial charge in [0.05, 0.1) is 6.54 Å². The van der Waals surface area contributed by atoms with Crippen LogP contribution in [0.15, 0.2) is 4.34 Å². The molecule has 2 N–H and O–H groups in total. The molecule has 0 saturated heterocycles. The van der Waals surface area contributed by atoms with Crippen LogP contribution in [-0.4, -0.2) is 35.4 Å². The molecule has 1 aromatic rings. The standard InChI is InChI=1S/C7H12N4OS2/c1-3-13-7-11-10-6(14-7)9-5(12)4-8-2/h8H,3-4H2,1-2H3,(H,9,10,12). The summed E-state index contributed by atoms with van der Waals surface area (Å²) in [5.41, 5.74) is 0. The molecule has 0 saturated carbocycles. The summed E-state index contributed by atoms with van der Waals surface area (Å²) >= 11 is 3.01. The largest absolute Gasteiger partial charge is 0.311 e. The Balaban J connectivity index is 2.46. The van der Waals surface area contributed by atoms with Crippen LogP contribution < -0.4 is 10.6 Å². The average Bonchev–Trinajstić information content (AvgIpc) is 2.53. The highest BCUT2D eigenvalue weighted by molar-refractivity contribution is 8.01. The zero-order valence-electron chi connectivity index (χ0n) is 8.03. The monoisotopic (exact) mass is 232 g/mol. The van der Waals surface area contributed by atoms with Gasteiger partial charge in [-0.25, -0.2) is 0 Å². The Morgan fingerprint density at radius 3 is 3.00 bits per heavy atom. The molecule has 7 heteroatoms. The number of nitrogens with zero attached hydrogens (tertiary/aromatic N) is 2. The van der Waals surface area contributed by atoms with Crippen molar-refractivity contribution >= 4 is 34.1 Å². The molecule has 0 unspecified atom stereocenters. The molecule has 0 radical (unpaired) electrons. The average molecular weight is 232 g/mol. The molecule has 0 aliphatic heterocycles. The first-order chi connectivity index (χ1) is 6.76. The van der Waals surface area contributed by atoms with Gasteiger partial charge in [-0.05, 0) is 12.8 Å². The summed E-state index contributed by atoms with van der Waals surface area (Å²) in [4.78, 5) is 11.1. The molecule has 0 fully saturated rings. The molecule has 0 aliphatic carbocycles. The predicted octanol–water partition coefficient (Wildman–Crippen LogP) is 0.808. The van der Waals surface area contributed by atoms with E-state index in [4.69, 9.17) is 0 Å². The van der Waals surface area contributed by atoms with E-state index < -0.39 is 0 Å². The minimum atomic E-state index is -0.100. The van der Waals surface area contributed by atoms with E-state index in [1.165, 1.54) is 11.3 Å². The second-order valence-electron chi connectivity index (χ2n) is 2.38. The Labute approximate surface area is 90.7 Å². The summed E-state index contributed by atoms with van der Waals surface area (Å²) in [7, 11) is 1.72. The molecule has 1 rings (SSSR count). The lowest BCUT2D eigenvalue weighted by atomic mass is 10.6. The van der Waals surface area contributed by atoms with Gasteiger partial charge in [0, 0.05) is 0 Å². The number of carbonyl (C=O) groups is 1. The van der Waals surface area contributed by atoms with E-state index in [-0.39, 0.29) is 12.5 Å². The Morgan fingerprint density at radius 2 is 2.36 bits per heavy atom. The number of rotatable bonds is 5. The summed E-state index contributed by atoms with van der Waals surface area (Å²) in [6.45, 7) is 2.33. The van der Waals surface area contributed by atoms with Crippen LogP contribution >= 0.6 is 23.1 Å². The maximum atomic E-state index is 11.1. The Morgan fingerprint density at radius 1 is 1.57 bits per heavy atom. The third-order valence-corrected chi connectivity index (χ3v) is 3.11. The first-order valence-electron chi connectivity index (χ1n) is 4.17. The highest BCUT2D eigenvalue weighted by atomic mass is 32.2. The molecule has 0 aliphatic rings. The molecular weight excluding hydrogens is 220 g/mol. The summed E-state index contributed by atoms with van der Waals surface area (Å²) in [6.07, 6.45) is 0. The normalized spacial score (nSPS) is 10.1. The van der Waals surface area contributed by atoms with E-state index >= 15 is 0 Å². The van der Waals surface area contributed by atoms with Crippen molar-refractivity contribution in [3.05, 3.63) is 0 Å². The van der Waals surface area contributed by atoms with Crippen molar-refractivity contribution in [1.29, 1.82) is 0 Å². The molecular formula is C7H12N4OS2. The summed E-state index contributed by atoms with van der Waals surface area (Å²) < 4.78 is 0.882. The van der Waals surface area contributed by atoms with Gasteiger partial charge in [-0.15, -0.1) is 10.2 Å². The molecule has 14 heavy (non-hydrogen) atoms. The van der Waals surface area contributed by atoms with Crippen molar-refractivity contribution < 1.29 is 4.79 Å². The number of nitrogens with one attached hydrogen (secondary N) is 2. The van der Waals surface area contributed by atoms with Gasteiger partial charge in [0.25, 0.3) is 0 Å². The summed E-state index contributed by atoms with van der Waals surface area (Å²) in [5.74, 6) is 0.857. The van der Waals surface area contributed by atoms with Gasteiger partial charge in [0.1, 0.15) is 0 Å². The summed E-state index contributed by atoms with van der Waals surface area (Å²) in [6, 6.07) is 0. The first kappa shape index (κ1) is 11.4. The van der Waals surface area contributed by atoms with Crippen molar-refractivity contribution in [2.45, 2.75) is 11.3 Å². The van der Waals surface area contributed by atoms with Crippen LogP contribution in [0, 0.1) is 0 Å². The zero-order valence-corrected chi connectivity index (χ0v) is 9.67. The van der Waals surface area contributed by atoms with E-state index in [1.54, 1.807) is 18.8 Å². The van der Waals surface area contributed by atoms with Crippen molar-refractivity contribution in [1.82, 2.24) is 15.5 Å². The lowest BCUT2D eigenvalue weighted by Crippen LogP contribution is -2.24. The SMILES string of the molecule is CCSc1nnc(NC(=O)CNC)s1. The van der Waals surface area contributed by atoms with Crippen molar-refractivity contribution in [3.63, 3.8) is 0 Å². The predicted molar refractivity (Wildman–Crippen MR) is 58.9 cm³/mol. The van der Waals surface area contributed by atoms with Gasteiger partial charge in [0.2, 0.25) is 11.0 Å². The minimum absolute atomic E-state index is 0.100. The fourth-order valence-electron chi connectivity index (χ4n) is 0.766. The van der Waals surface area contributed by atoms with Gasteiger partial charge in [-0.3, -0.25) is 10.1 Å². The van der Waals surface area contributed by atoms with Gasteiger partial charge in [0.15, 0.2) is 4.34 Å². The maximum absolute atomic E-state index is 11.1. The van der Waals surface area contributed by atoms with Gasteiger partial charge < -0.3 is 5.32 Å². The number of hydrogen-bond donors (Lipinski definition) is 2. The Bertz CT molecular complexity index is 302. The lowest BCUT2D eigenvalue weighted by Gasteiger charge is -1.97. The second-order valence-corrected chi connectivity index (χ2v) is 4.87. The number of likely N-dealkylation sites (N-methyl/N-ethyl adjacent to an activating group) is 1. The second kappa shape index (κ2) is 5.94. The molecule has 1 amide bonds. The number of anilines is 1. The Hall–Kier alpha value is -0.660. The fraction of sp³-hybridized carbons (Fsp3) is 0.571. The Kier molecular flexibility index (Phi) is 4.85. The first-order valence-corrected chi connectivity index (χ1v) is 5.97. The van der Waals surface area contributed by atoms with Crippen molar-refractivity contribution in [2.24, 2.45) is 0 Å². The molecule has 0 aromatic carbocycles. The molecule has 0 atom stereocenters. The van der Waals surface area contributed by atoms with Gasteiger partial charge in [-0.1, -0.05) is 30.0 Å². The van der Waals surface area contributed by atoms with Crippen LogP contribution in [0.25, 0.3) is 0 Å². The third-order valence-electron chi connectivity index (χ3n) is 1.26. The quantitative estimate of drug-likeness (QED) is 0.581. The number of carbonyl (C=O) groups excluding carboxylic acids is 1. The van der Waals surface area contributed by atoms with Crippen LogP contribution in [0.2, 0.25) is 0 Å². The number of amides is 1. The molecule has 78 valence electrons. The van der Waals surface area contributed by atoms with Crippen LogP contribution in [0.4, 0.5) is 5.13 Å². The summed E-state index contributed by atoms with van der Waals surface area (Å²) in [5, 5.41) is 13.7. The minimum Gasteiger partial charge on any atom is -0.311 e. The van der Waals surface area contributed by atoms with E-state index in [0.29, 0.717) is 5.13 Å². The highest BCUT2D eigenvalue weighted by Gasteiger charge is 2.06.